The summed E-state index contributed by atoms with van der Waals surface area (Å²) >= 11 is 0. The molecule has 37 heavy (non-hydrogen) atoms. The van der Waals surface area contributed by atoms with Gasteiger partial charge in [0.2, 0.25) is 0 Å². The molecule has 2 atom stereocenters. The van der Waals surface area contributed by atoms with Gasteiger partial charge in [0.15, 0.2) is 23.2 Å². The van der Waals surface area contributed by atoms with Crippen molar-refractivity contribution in [2.45, 2.75) is 37.8 Å². The zero-order valence-corrected chi connectivity index (χ0v) is 20.3. The molecule has 0 saturated carbocycles. The molecule has 2 aromatic carbocycles. The van der Waals surface area contributed by atoms with E-state index in [-0.39, 0.29) is 23.6 Å². The SMILES string of the molecule is COc1cnn(-c2cccc(C(=O)N3[C@H]4CCC[C@@H]3c3nn(C)c(-c5cc(F)c(F)c(F)c5)c3C4)c2)c1. The minimum Gasteiger partial charge on any atom is -0.493 e. The molecule has 1 fully saturated rings. The topological polar surface area (TPSA) is 65.2 Å². The Morgan fingerprint density at radius 3 is 2.62 bits per heavy atom. The van der Waals surface area contributed by atoms with Crippen LogP contribution in [-0.4, -0.2) is 43.5 Å². The summed E-state index contributed by atoms with van der Waals surface area (Å²) in [5.74, 6) is -3.47. The smallest absolute Gasteiger partial charge is 0.254 e. The Kier molecular flexibility index (Phi) is 5.54. The van der Waals surface area contributed by atoms with Gasteiger partial charge >= 0.3 is 0 Å². The van der Waals surface area contributed by atoms with Crippen molar-refractivity contribution in [3.8, 4) is 22.7 Å². The van der Waals surface area contributed by atoms with E-state index < -0.39 is 17.5 Å². The maximum Gasteiger partial charge on any atom is 0.254 e. The average Bonchev–Trinajstić information content (AvgIpc) is 3.51. The van der Waals surface area contributed by atoms with Crippen molar-refractivity contribution in [3.05, 3.63) is 83.1 Å². The van der Waals surface area contributed by atoms with Gasteiger partial charge in [0.1, 0.15) is 0 Å². The number of aryl methyl sites for hydroxylation is 1. The van der Waals surface area contributed by atoms with Crippen LogP contribution < -0.4 is 4.74 Å². The molecular weight excluding hydrogens is 483 g/mol. The van der Waals surface area contributed by atoms with Gasteiger partial charge < -0.3 is 9.64 Å². The van der Waals surface area contributed by atoms with Crippen LogP contribution in [0.5, 0.6) is 5.75 Å². The molecule has 0 spiro atoms. The predicted molar refractivity (Wildman–Crippen MR) is 129 cm³/mol. The molecule has 0 radical (unpaired) electrons. The fraction of sp³-hybridized carbons (Fsp3) is 0.296. The number of piperidine rings is 1. The highest BCUT2D eigenvalue weighted by Gasteiger charge is 2.43. The van der Waals surface area contributed by atoms with E-state index in [0.717, 1.165) is 48.3 Å². The van der Waals surface area contributed by atoms with E-state index in [1.165, 1.54) is 0 Å². The van der Waals surface area contributed by atoms with Gasteiger partial charge in [0.05, 0.1) is 42.6 Å². The highest BCUT2D eigenvalue weighted by atomic mass is 19.2. The Labute approximate surface area is 211 Å². The molecule has 2 aliphatic heterocycles. The Bertz CT molecular complexity index is 1510. The van der Waals surface area contributed by atoms with Crippen LogP contribution in [0.25, 0.3) is 16.9 Å². The number of hydrogen-bond acceptors (Lipinski definition) is 4. The molecule has 4 aromatic rings. The number of hydrogen-bond donors (Lipinski definition) is 0. The summed E-state index contributed by atoms with van der Waals surface area (Å²) in [6, 6.07) is 8.91. The summed E-state index contributed by atoms with van der Waals surface area (Å²) in [4.78, 5) is 15.8. The molecule has 2 bridgehead atoms. The molecule has 0 aliphatic carbocycles. The first-order valence-electron chi connectivity index (χ1n) is 12.1. The Hall–Kier alpha value is -4.08. The summed E-state index contributed by atoms with van der Waals surface area (Å²) in [5, 5.41) is 8.98. The van der Waals surface area contributed by atoms with Crippen molar-refractivity contribution < 1.29 is 22.7 Å². The highest BCUT2D eigenvalue weighted by Crippen LogP contribution is 2.45. The largest absolute Gasteiger partial charge is 0.493 e. The second-order valence-corrected chi connectivity index (χ2v) is 9.48. The number of halogens is 3. The van der Waals surface area contributed by atoms with Crippen molar-refractivity contribution in [2.75, 3.05) is 7.11 Å². The molecule has 2 aliphatic rings. The lowest BCUT2D eigenvalue weighted by Crippen LogP contribution is -2.49. The van der Waals surface area contributed by atoms with Crippen LogP contribution in [0.4, 0.5) is 13.2 Å². The molecule has 10 heteroatoms. The van der Waals surface area contributed by atoms with Gasteiger partial charge in [-0.15, -0.1) is 0 Å². The van der Waals surface area contributed by atoms with E-state index >= 15 is 0 Å². The standard InChI is InChI=1S/C27H24F3N5O2/c1-33-26(16-10-21(28)24(30)22(29)11-16)20-12-18-7-4-8-23(25(20)32-33)35(18)27(36)15-5-3-6-17(9-15)34-14-19(37-2)13-31-34/h3,5-6,9-11,13-14,18,23H,4,7-8,12H2,1-2H3/t18-,23+/m0/s1. The minimum absolute atomic E-state index is 0.0923. The second-order valence-electron chi connectivity index (χ2n) is 9.48. The zero-order chi connectivity index (χ0) is 25.8. The van der Waals surface area contributed by atoms with Crippen molar-refractivity contribution in [1.29, 1.82) is 0 Å². The second kappa shape index (κ2) is 8.79. The molecule has 2 aromatic heterocycles. The Morgan fingerprint density at radius 2 is 1.89 bits per heavy atom. The third-order valence-corrected chi connectivity index (χ3v) is 7.32. The van der Waals surface area contributed by atoms with Crippen molar-refractivity contribution in [3.63, 3.8) is 0 Å². The van der Waals surface area contributed by atoms with Crippen LogP contribution in [0.2, 0.25) is 0 Å². The molecule has 4 heterocycles. The summed E-state index contributed by atoms with van der Waals surface area (Å²) in [6.07, 6.45) is 6.31. The van der Waals surface area contributed by atoms with Gasteiger partial charge in [-0.3, -0.25) is 9.48 Å². The maximum absolute atomic E-state index is 14.0. The molecule has 0 N–H and O–H groups in total. The van der Waals surface area contributed by atoms with E-state index in [1.807, 2.05) is 17.0 Å². The van der Waals surface area contributed by atoms with Gasteiger partial charge in [-0.1, -0.05) is 6.07 Å². The third-order valence-electron chi connectivity index (χ3n) is 7.32. The molecule has 1 amide bonds. The number of aromatic nitrogens is 4. The Balaban J connectivity index is 1.37. The van der Waals surface area contributed by atoms with Crippen LogP contribution >= 0.6 is 0 Å². The Morgan fingerprint density at radius 1 is 1.11 bits per heavy atom. The number of rotatable bonds is 4. The highest BCUT2D eigenvalue weighted by molar-refractivity contribution is 5.95. The molecular formula is C27H24F3N5O2. The molecule has 190 valence electrons. The number of carbonyl (C=O) groups is 1. The monoisotopic (exact) mass is 507 g/mol. The summed E-state index contributed by atoms with van der Waals surface area (Å²) in [6.45, 7) is 0. The maximum atomic E-state index is 14.0. The first kappa shape index (κ1) is 23.3. The van der Waals surface area contributed by atoms with Gasteiger partial charge in [0, 0.05) is 29.8 Å². The van der Waals surface area contributed by atoms with E-state index in [4.69, 9.17) is 4.74 Å². The fourth-order valence-electron chi connectivity index (χ4n) is 5.69. The van der Waals surface area contributed by atoms with Gasteiger partial charge in [-0.05, 0) is 56.0 Å². The van der Waals surface area contributed by atoms with Gasteiger partial charge in [-0.25, -0.2) is 17.9 Å². The van der Waals surface area contributed by atoms with Crippen LogP contribution in [0.15, 0.2) is 48.8 Å². The van der Waals surface area contributed by atoms with Crippen molar-refractivity contribution >= 4 is 5.91 Å². The number of methoxy groups -OCH3 is 1. The quantitative estimate of drug-likeness (QED) is 0.365. The van der Waals surface area contributed by atoms with Crippen molar-refractivity contribution in [1.82, 2.24) is 24.5 Å². The molecule has 1 saturated heterocycles. The van der Waals surface area contributed by atoms with Crippen LogP contribution in [0, 0.1) is 17.5 Å². The summed E-state index contributed by atoms with van der Waals surface area (Å²) in [5.41, 5.74) is 3.62. The van der Waals surface area contributed by atoms with Crippen LogP contribution in [0.1, 0.15) is 46.9 Å². The number of carbonyl (C=O) groups excluding carboxylic acids is 1. The van der Waals surface area contributed by atoms with Gasteiger partial charge in [0.25, 0.3) is 5.91 Å². The predicted octanol–water partition coefficient (Wildman–Crippen LogP) is 4.99. The lowest BCUT2D eigenvalue weighted by molar-refractivity contribution is 0.0392. The van der Waals surface area contributed by atoms with E-state index in [1.54, 1.807) is 48.0 Å². The van der Waals surface area contributed by atoms with Crippen LogP contribution in [0.3, 0.4) is 0 Å². The average molecular weight is 508 g/mol. The number of ether oxygens (including phenoxy) is 1. The van der Waals surface area contributed by atoms with Gasteiger partial charge in [-0.2, -0.15) is 10.2 Å². The fourth-order valence-corrected chi connectivity index (χ4v) is 5.69. The minimum atomic E-state index is -1.50. The number of nitrogens with zero attached hydrogens (tertiary/aromatic N) is 5. The molecule has 0 unspecified atom stereocenters. The summed E-state index contributed by atoms with van der Waals surface area (Å²) < 4.78 is 50.1. The third kappa shape index (κ3) is 3.78. The first-order chi connectivity index (χ1) is 17.9. The van der Waals surface area contributed by atoms with Crippen LogP contribution in [-0.2, 0) is 13.5 Å². The zero-order valence-electron chi connectivity index (χ0n) is 20.3. The van der Waals surface area contributed by atoms with E-state index in [9.17, 15) is 18.0 Å². The lowest BCUT2D eigenvalue weighted by atomic mass is 9.81. The van der Waals surface area contributed by atoms with Crippen molar-refractivity contribution in [2.24, 2.45) is 7.05 Å². The summed E-state index contributed by atoms with van der Waals surface area (Å²) in [7, 11) is 3.27. The van der Waals surface area contributed by atoms with E-state index in [0.29, 0.717) is 23.4 Å². The lowest BCUT2D eigenvalue weighted by Gasteiger charge is -2.45. The molecule has 7 nitrogen and oxygen atoms in total. The van der Waals surface area contributed by atoms with E-state index in [2.05, 4.69) is 10.2 Å². The number of amides is 1. The number of fused-ring (bicyclic) bond motifs is 4. The number of benzene rings is 2. The normalized spacial score (nSPS) is 18.6. The first-order valence-corrected chi connectivity index (χ1v) is 12.1. The molecule has 6 rings (SSSR count).